The number of rotatable bonds is 5. The van der Waals surface area contributed by atoms with Gasteiger partial charge in [-0.1, -0.05) is 34.9 Å². The SMILES string of the molecule is CSc1nnc(SCC2CCC(C(=O)O)O2)s1. The minimum atomic E-state index is -0.863. The largest absolute Gasteiger partial charge is 0.479 e. The van der Waals surface area contributed by atoms with Crippen LogP contribution in [-0.4, -0.2) is 45.5 Å². The Balaban J connectivity index is 1.77. The molecule has 2 heterocycles. The highest BCUT2D eigenvalue weighted by Gasteiger charge is 2.30. The zero-order chi connectivity index (χ0) is 12.3. The molecule has 0 bridgehead atoms. The van der Waals surface area contributed by atoms with Gasteiger partial charge in [0.15, 0.2) is 14.8 Å². The third-order valence-electron chi connectivity index (χ3n) is 2.34. The van der Waals surface area contributed by atoms with Gasteiger partial charge in [-0.15, -0.1) is 10.2 Å². The van der Waals surface area contributed by atoms with Gasteiger partial charge in [0.2, 0.25) is 0 Å². The van der Waals surface area contributed by atoms with Gasteiger partial charge in [0, 0.05) is 5.75 Å². The maximum absolute atomic E-state index is 10.7. The summed E-state index contributed by atoms with van der Waals surface area (Å²) in [6, 6.07) is 0. The Kier molecular flexibility index (Phi) is 4.66. The molecule has 1 aliphatic rings. The summed E-state index contributed by atoms with van der Waals surface area (Å²) in [6.07, 6.45) is 2.76. The van der Waals surface area contributed by atoms with E-state index >= 15 is 0 Å². The first kappa shape index (κ1) is 13.1. The molecule has 0 amide bonds. The van der Waals surface area contributed by atoms with E-state index in [0.29, 0.717) is 6.42 Å². The number of carboxylic acids is 1. The minimum Gasteiger partial charge on any atom is -0.479 e. The summed E-state index contributed by atoms with van der Waals surface area (Å²) in [4.78, 5) is 10.7. The van der Waals surface area contributed by atoms with Crippen molar-refractivity contribution in [2.24, 2.45) is 0 Å². The van der Waals surface area contributed by atoms with Crippen LogP contribution < -0.4 is 0 Å². The predicted octanol–water partition coefficient (Wildman–Crippen LogP) is 1.98. The summed E-state index contributed by atoms with van der Waals surface area (Å²) in [5, 5.41) is 16.8. The van der Waals surface area contributed by atoms with Gasteiger partial charge in [-0.25, -0.2) is 4.79 Å². The van der Waals surface area contributed by atoms with Crippen LogP contribution in [0.4, 0.5) is 0 Å². The molecule has 2 rings (SSSR count). The van der Waals surface area contributed by atoms with Gasteiger partial charge in [-0.3, -0.25) is 0 Å². The van der Waals surface area contributed by atoms with E-state index in [9.17, 15) is 4.79 Å². The maximum Gasteiger partial charge on any atom is 0.332 e. The number of carbonyl (C=O) groups is 1. The highest BCUT2D eigenvalue weighted by Crippen LogP contribution is 2.30. The number of thioether (sulfide) groups is 2. The van der Waals surface area contributed by atoms with Gasteiger partial charge >= 0.3 is 5.97 Å². The molecule has 1 N–H and O–H groups in total. The van der Waals surface area contributed by atoms with Gasteiger partial charge < -0.3 is 9.84 Å². The molecular formula is C9H12N2O3S3. The Morgan fingerprint density at radius 3 is 2.88 bits per heavy atom. The van der Waals surface area contributed by atoms with Crippen LogP contribution in [0.15, 0.2) is 8.68 Å². The fourth-order valence-electron chi connectivity index (χ4n) is 1.51. The van der Waals surface area contributed by atoms with E-state index in [-0.39, 0.29) is 6.10 Å². The summed E-state index contributed by atoms with van der Waals surface area (Å²) >= 11 is 4.71. The molecule has 1 saturated heterocycles. The number of ether oxygens (including phenoxy) is 1. The molecule has 1 aromatic rings. The first-order valence-electron chi connectivity index (χ1n) is 5.07. The van der Waals surface area contributed by atoms with E-state index in [4.69, 9.17) is 9.84 Å². The number of hydrogen-bond donors (Lipinski definition) is 1. The molecular weight excluding hydrogens is 280 g/mol. The lowest BCUT2D eigenvalue weighted by Crippen LogP contribution is -2.21. The zero-order valence-corrected chi connectivity index (χ0v) is 11.6. The molecule has 0 spiro atoms. The van der Waals surface area contributed by atoms with Crippen molar-refractivity contribution in [2.45, 2.75) is 33.7 Å². The van der Waals surface area contributed by atoms with Crippen molar-refractivity contribution in [3.63, 3.8) is 0 Å². The second kappa shape index (κ2) is 6.03. The van der Waals surface area contributed by atoms with Crippen LogP contribution >= 0.6 is 34.9 Å². The lowest BCUT2D eigenvalue weighted by molar-refractivity contribution is -0.148. The van der Waals surface area contributed by atoms with Crippen LogP contribution in [0.1, 0.15) is 12.8 Å². The number of hydrogen-bond acceptors (Lipinski definition) is 7. The topological polar surface area (TPSA) is 72.3 Å². The first-order chi connectivity index (χ1) is 8.19. The summed E-state index contributed by atoms with van der Waals surface area (Å²) in [5.41, 5.74) is 0. The van der Waals surface area contributed by atoms with Crippen molar-refractivity contribution in [2.75, 3.05) is 12.0 Å². The molecule has 2 unspecified atom stereocenters. The molecule has 1 fully saturated rings. The van der Waals surface area contributed by atoms with E-state index in [1.165, 1.54) is 0 Å². The number of carboxylic acid groups (broad SMARTS) is 1. The summed E-state index contributed by atoms with van der Waals surface area (Å²) in [7, 11) is 0. The standard InChI is InChI=1S/C9H12N2O3S3/c1-15-8-10-11-9(17-8)16-4-5-2-3-6(14-5)7(12)13/h5-6H,2-4H2,1H3,(H,12,13). The first-order valence-corrected chi connectivity index (χ1v) is 8.10. The number of nitrogens with zero attached hydrogens (tertiary/aromatic N) is 2. The third kappa shape index (κ3) is 3.57. The summed E-state index contributed by atoms with van der Waals surface area (Å²) in [5.74, 6) is -0.120. The molecule has 17 heavy (non-hydrogen) atoms. The molecule has 8 heteroatoms. The smallest absolute Gasteiger partial charge is 0.332 e. The van der Waals surface area contributed by atoms with Gasteiger partial charge in [-0.05, 0) is 19.1 Å². The molecule has 0 aliphatic carbocycles. The van der Waals surface area contributed by atoms with Crippen LogP contribution in [0.25, 0.3) is 0 Å². The van der Waals surface area contributed by atoms with Crippen molar-refractivity contribution in [1.29, 1.82) is 0 Å². The Hall–Kier alpha value is -0.310. The molecule has 1 aromatic heterocycles. The van der Waals surface area contributed by atoms with Gasteiger partial charge in [0.1, 0.15) is 0 Å². The van der Waals surface area contributed by atoms with Crippen LogP contribution in [0.2, 0.25) is 0 Å². The minimum absolute atomic E-state index is 0.0164. The average molecular weight is 292 g/mol. The Morgan fingerprint density at radius 2 is 2.29 bits per heavy atom. The van der Waals surface area contributed by atoms with E-state index in [2.05, 4.69) is 10.2 Å². The van der Waals surface area contributed by atoms with Crippen molar-refractivity contribution in [3.05, 3.63) is 0 Å². The van der Waals surface area contributed by atoms with Gasteiger partial charge in [0.25, 0.3) is 0 Å². The van der Waals surface area contributed by atoms with Crippen LogP contribution in [0, 0.1) is 0 Å². The maximum atomic E-state index is 10.7. The van der Waals surface area contributed by atoms with Crippen LogP contribution in [0.3, 0.4) is 0 Å². The van der Waals surface area contributed by atoms with Crippen LogP contribution in [-0.2, 0) is 9.53 Å². The molecule has 0 saturated carbocycles. The van der Waals surface area contributed by atoms with Crippen LogP contribution in [0.5, 0.6) is 0 Å². The Bertz CT molecular complexity index is 399. The second-order valence-electron chi connectivity index (χ2n) is 3.51. The average Bonchev–Trinajstić information content (AvgIpc) is 2.95. The monoisotopic (exact) mass is 292 g/mol. The molecule has 94 valence electrons. The van der Waals surface area contributed by atoms with Crippen molar-refractivity contribution < 1.29 is 14.6 Å². The van der Waals surface area contributed by atoms with Crippen molar-refractivity contribution in [3.8, 4) is 0 Å². The normalized spacial score (nSPS) is 24.1. The van der Waals surface area contributed by atoms with E-state index in [1.807, 2.05) is 6.26 Å². The Labute approximate surface area is 111 Å². The fourth-order valence-corrected chi connectivity index (χ4v) is 4.02. The molecule has 5 nitrogen and oxygen atoms in total. The number of aromatic nitrogens is 2. The zero-order valence-electron chi connectivity index (χ0n) is 9.16. The molecule has 1 aliphatic heterocycles. The molecule has 2 atom stereocenters. The van der Waals surface area contributed by atoms with Crippen molar-refractivity contribution >= 4 is 40.8 Å². The molecule has 0 radical (unpaired) electrons. The quantitative estimate of drug-likeness (QED) is 0.832. The van der Waals surface area contributed by atoms with E-state index < -0.39 is 12.1 Å². The predicted molar refractivity (Wildman–Crippen MR) is 67.9 cm³/mol. The summed E-state index contributed by atoms with van der Waals surface area (Å²) in [6.45, 7) is 0. The summed E-state index contributed by atoms with van der Waals surface area (Å²) < 4.78 is 7.27. The van der Waals surface area contributed by atoms with Gasteiger partial charge in [0.05, 0.1) is 6.10 Å². The molecule has 0 aromatic carbocycles. The highest BCUT2D eigenvalue weighted by molar-refractivity contribution is 8.03. The lowest BCUT2D eigenvalue weighted by Gasteiger charge is -2.08. The lowest BCUT2D eigenvalue weighted by atomic mass is 10.2. The number of aliphatic carboxylic acids is 1. The second-order valence-corrected chi connectivity index (χ2v) is 6.81. The van der Waals surface area contributed by atoms with E-state index in [1.54, 1.807) is 34.9 Å². The van der Waals surface area contributed by atoms with E-state index in [0.717, 1.165) is 20.9 Å². The highest BCUT2D eigenvalue weighted by atomic mass is 32.2. The fraction of sp³-hybridized carbons (Fsp3) is 0.667. The van der Waals surface area contributed by atoms with Crippen molar-refractivity contribution in [1.82, 2.24) is 10.2 Å². The Morgan fingerprint density at radius 1 is 1.53 bits per heavy atom. The third-order valence-corrected chi connectivity index (χ3v) is 5.50. The van der Waals surface area contributed by atoms with Gasteiger partial charge in [-0.2, -0.15) is 0 Å².